The summed E-state index contributed by atoms with van der Waals surface area (Å²) in [4.78, 5) is 0. The number of methoxy groups -OCH3 is 2. The molecule has 1 aromatic rings. The largest absolute Gasteiger partial charge is 0.493 e. The Morgan fingerprint density at radius 1 is 1.23 bits per heavy atom. The van der Waals surface area contributed by atoms with E-state index < -0.39 is 0 Å². The first kappa shape index (κ1) is 9.38. The maximum absolute atomic E-state index is 5.10. The van der Waals surface area contributed by atoms with Crippen molar-refractivity contribution in [3.8, 4) is 11.5 Å². The SMILES string of the molecule is COc1ccc(/C=N/N)cc1OC. The summed E-state index contributed by atoms with van der Waals surface area (Å²) in [6.07, 6.45) is 1.54. The van der Waals surface area contributed by atoms with E-state index in [1.165, 1.54) is 0 Å². The summed E-state index contributed by atoms with van der Waals surface area (Å²) in [6.45, 7) is 0. The third kappa shape index (κ3) is 2.11. The van der Waals surface area contributed by atoms with Crippen LogP contribution in [0.15, 0.2) is 23.3 Å². The normalized spacial score (nSPS) is 10.3. The molecule has 4 heteroatoms. The van der Waals surface area contributed by atoms with E-state index in [4.69, 9.17) is 15.3 Å². The molecule has 0 heterocycles. The van der Waals surface area contributed by atoms with Gasteiger partial charge in [-0.05, 0) is 23.8 Å². The minimum Gasteiger partial charge on any atom is -0.493 e. The molecule has 2 N–H and O–H groups in total. The average Bonchev–Trinajstić information content (AvgIpc) is 2.18. The van der Waals surface area contributed by atoms with E-state index in [1.54, 1.807) is 32.6 Å². The molecule has 0 saturated heterocycles. The first-order valence-corrected chi connectivity index (χ1v) is 3.77. The second-order valence-electron chi connectivity index (χ2n) is 2.39. The number of nitrogens with two attached hydrogens (primary N) is 1. The highest BCUT2D eigenvalue weighted by Crippen LogP contribution is 2.26. The lowest BCUT2D eigenvalue weighted by Crippen LogP contribution is -1.92. The number of rotatable bonds is 3. The number of hydrazone groups is 1. The Bertz CT molecular complexity index is 310. The van der Waals surface area contributed by atoms with Gasteiger partial charge in [0, 0.05) is 0 Å². The quantitative estimate of drug-likeness (QED) is 0.429. The molecule has 13 heavy (non-hydrogen) atoms. The molecule has 0 bridgehead atoms. The van der Waals surface area contributed by atoms with E-state index in [0.717, 1.165) is 5.56 Å². The fraction of sp³-hybridized carbons (Fsp3) is 0.222. The van der Waals surface area contributed by atoms with Gasteiger partial charge >= 0.3 is 0 Å². The van der Waals surface area contributed by atoms with Crippen molar-refractivity contribution < 1.29 is 9.47 Å². The van der Waals surface area contributed by atoms with Gasteiger partial charge in [0.2, 0.25) is 0 Å². The summed E-state index contributed by atoms with van der Waals surface area (Å²) in [5.41, 5.74) is 0.875. The third-order valence-electron chi connectivity index (χ3n) is 1.63. The number of ether oxygens (including phenoxy) is 2. The van der Waals surface area contributed by atoms with Crippen molar-refractivity contribution in [1.29, 1.82) is 0 Å². The summed E-state index contributed by atoms with van der Waals surface area (Å²) >= 11 is 0. The van der Waals surface area contributed by atoms with Gasteiger partial charge in [-0.1, -0.05) is 0 Å². The molecule has 0 radical (unpaired) electrons. The van der Waals surface area contributed by atoms with Crippen LogP contribution in [0.25, 0.3) is 0 Å². The minimum absolute atomic E-state index is 0.667. The molecular formula is C9H12N2O2. The molecule has 0 aliphatic heterocycles. The molecule has 0 fully saturated rings. The summed E-state index contributed by atoms with van der Waals surface area (Å²) in [5.74, 6) is 6.38. The van der Waals surface area contributed by atoms with Crippen LogP contribution in [0.4, 0.5) is 0 Å². The highest BCUT2D eigenvalue weighted by molar-refractivity contribution is 5.80. The second kappa shape index (κ2) is 4.35. The van der Waals surface area contributed by atoms with Crippen molar-refractivity contribution in [3.05, 3.63) is 23.8 Å². The fourth-order valence-corrected chi connectivity index (χ4v) is 1.02. The standard InChI is InChI=1S/C9H12N2O2/c1-12-8-4-3-7(6-11-10)5-9(8)13-2/h3-6H,10H2,1-2H3/b11-6+. The lowest BCUT2D eigenvalue weighted by Gasteiger charge is -2.06. The van der Waals surface area contributed by atoms with Gasteiger partial charge in [0.05, 0.1) is 20.4 Å². The van der Waals surface area contributed by atoms with Crippen molar-refractivity contribution in [2.24, 2.45) is 10.9 Å². The van der Waals surface area contributed by atoms with Crippen molar-refractivity contribution in [1.82, 2.24) is 0 Å². The Morgan fingerprint density at radius 2 is 1.92 bits per heavy atom. The molecule has 4 nitrogen and oxygen atoms in total. The Morgan fingerprint density at radius 3 is 2.46 bits per heavy atom. The molecular weight excluding hydrogens is 168 g/mol. The highest BCUT2D eigenvalue weighted by Gasteiger charge is 2.02. The predicted molar refractivity (Wildman–Crippen MR) is 51.3 cm³/mol. The molecule has 0 atom stereocenters. The maximum Gasteiger partial charge on any atom is 0.161 e. The molecule has 70 valence electrons. The van der Waals surface area contributed by atoms with Gasteiger partial charge in [-0.15, -0.1) is 0 Å². The summed E-state index contributed by atoms with van der Waals surface area (Å²) < 4.78 is 10.2. The van der Waals surface area contributed by atoms with E-state index in [2.05, 4.69) is 5.10 Å². The molecule has 1 rings (SSSR count). The molecule has 1 aromatic carbocycles. The van der Waals surface area contributed by atoms with Crippen LogP contribution in [0.1, 0.15) is 5.56 Å². The van der Waals surface area contributed by atoms with E-state index in [-0.39, 0.29) is 0 Å². The zero-order chi connectivity index (χ0) is 9.68. The van der Waals surface area contributed by atoms with Crippen LogP contribution >= 0.6 is 0 Å². The Balaban J connectivity index is 3.05. The second-order valence-corrected chi connectivity index (χ2v) is 2.39. The smallest absolute Gasteiger partial charge is 0.161 e. The molecule has 0 aromatic heterocycles. The molecule has 0 aliphatic rings. The van der Waals surface area contributed by atoms with E-state index >= 15 is 0 Å². The van der Waals surface area contributed by atoms with Crippen molar-refractivity contribution >= 4 is 6.21 Å². The number of nitrogens with zero attached hydrogens (tertiary/aromatic N) is 1. The molecule has 0 aliphatic carbocycles. The van der Waals surface area contributed by atoms with Crippen molar-refractivity contribution in [2.75, 3.05) is 14.2 Å². The van der Waals surface area contributed by atoms with Crippen LogP contribution in [0.5, 0.6) is 11.5 Å². The average molecular weight is 180 g/mol. The lowest BCUT2D eigenvalue weighted by molar-refractivity contribution is 0.355. The van der Waals surface area contributed by atoms with Crippen molar-refractivity contribution in [2.45, 2.75) is 0 Å². The molecule has 0 unspecified atom stereocenters. The van der Waals surface area contributed by atoms with Gasteiger partial charge in [-0.2, -0.15) is 5.10 Å². The van der Waals surface area contributed by atoms with Gasteiger partial charge in [-0.25, -0.2) is 0 Å². The Labute approximate surface area is 77.0 Å². The number of hydrogen-bond acceptors (Lipinski definition) is 4. The van der Waals surface area contributed by atoms with Gasteiger partial charge in [0.15, 0.2) is 11.5 Å². The molecule has 0 spiro atoms. The van der Waals surface area contributed by atoms with E-state index in [0.29, 0.717) is 11.5 Å². The first-order chi connectivity index (χ1) is 6.31. The third-order valence-corrected chi connectivity index (χ3v) is 1.63. The van der Waals surface area contributed by atoms with Crippen LogP contribution < -0.4 is 15.3 Å². The maximum atomic E-state index is 5.10. The summed E-state index contributed by atoms with van der Waals surface area (Å²) in [5, 5.41) is 3.42. The fourth-order valence-electron chi connectivity index (χ4n) is 1.02. The van der Waals surface area contributed by atoms with Gasteiger partial charge in [-0.3, -0.25) is 0 Å². The highest BCUT2D eigenvalue weighted by atomic mass is 16.5. The Kier molecular flexibility index (Phi) is 3.14. The summed E-state index contributed by atoms with van der Waals surface area (Å²) in [6, 6.07) is 5.45. The number of benzene rings is 1. The van der Waals surface area contributed by atoms with E-state index in [9.17, 15) is 0 Å². The van der Waals surface area contributed by atoms with Crippen LogP contribution in [-0.4, -0.2) is 20.4 Å². The van der Waals surface area contributed by atoms with Crippen LogP contribution in [-0.2, 0) is 0 Å². The van der Waals surface area contributed by atoms with Crippen LogP contribution in [0.2, 0.25) is 0 Å². The minimum atomic E-state index is 0.667. The van der Waals surface area contributed by atoms with Crippen LogP contribution in [0.3, 0.4) is 0 Å². The van der Waals surface area contributed by atoms with E-state index in [1.807, 2.05) is 6.07 Å². The van der Waals surface area contributed by atoms with Gasteiger partial charge in [0.1, 0.15) is 0 Å². The van der Waals surface area contributed by atoms with Crippen LogP contribution in [0, 0.1) is 0 Å². The Hall–Kier alpha value is -1.71. The zero-order valence-electron chi connectivity index (χ0n) is 7.65. The zero-order valence-corrected chi connectivity index (χ0v) is 7.65. The lowest BCUT2D eigenvalue weighted by atomic mass is 10.2. The van der Waals surface area contributed by atoms with Gasteiger partial charge in [0.25, 0.3) is 0 Å². The predicted octanol–water partition coefficient (Wildman–Crippen LogP) is 0.996. The summed E-state index contributed by atoms with van der Waals surface area (Å²) in [7, 11) is 3.18. The first-order valence-electron chi connectivity index (χ1n) is 3.77. The molecule has 0 saturated carbocycles. The molecule has 0 amide bonds. The topological polar surface area (TPSA) is 56.8 Å². The van der Waals surface area contributed by atoms with Gasteiger partial charge < -0.3 is 15.3 Å². The monoisotopic (exact) mass is 180 g/mol. The van der Waals surface area contributed by atoms with Crippen molar-refractivity contribution in [3.63, 3.8) is 0 Å². The number of hydrogen-bond donors (Lipinski definition) is 1.